The van der Waals surface area contributed by atoms with Crippen LogP contribution in [-0.2, 0) is 14.0 Å². The van der Waals surface area contributed by atoms with Crippen LogP contribution < -0.4 is 15.7 Å². The summed E-state index contributed by atoms with van der Waals surface area (Å²) in [4.78, 5) is 11.2. The number of rotatable bonds is 17. The molecule has 0 aliphatic carbocycles. The quantitative estimate of drug-likeness (QED) is 0.155. The number of unbranched alkanes of at least 4 members (excludes halogenated alkanes) is 4. The number of carbonyl (C=O) groups excluding carboxylic acids is 1. The second-order valence-corrected chi connectivity index (χ2v) is 15.1. The fraction of sp³-hybridized carbons (Fsp3) is 0.581. The number of hydrogen-bond donors (Lipinski definition) is 1. The van der Waals surface area contributed by atoms with Crippen molar-refractivity contribution >= 4 is 24.7 Å². The summed E-state index contributed by atoms with van der Waals surface area (Å²) < 4.78 is 11.7. The van der Waals surface area contributed by atoms with Crippen LogP contribution in [0, 0.1) is 0 Å². The van der Waals surface area contributed by atoms with Crippen LogP contribution in [-0.4, -0.2) is 40.6 Å². The Morgan fingerprint density at radius 2 is 1.42 bits per heavy atom. The van der Waals surface area contributed by atoms with Gasteiger partial charge in [0.15, 0.2) is 0 Å². The smallest absolute Gasteiger partial charge is 0.305 e. The fourth-order valence-corrected chi connectivity index (χ4v) is 9.78. The maximum Gasteiger partial charge on any atom is 0.305 e. The Hall–Kier alpha value is -1.95. The van der Waals surface area contributed by atoms with Gasteiger partial charge in [0.05, 0.1) is 7.11 Å². The van der Waals surface area contributed by atoms with E-state index >= 15 is 0 Å². The molecule has 0 aromatic heterocycles. The van der Waals surface area contributed by atoms with Gasteiger partial charge in [-0.3, -0.25) is 4.79 Å². The van der Waals surface area contributed by atoms with Crippen molar-refractivity contribution in [3.63, 3.8) is 0 Å². The molecule has 0 heterocycles. The van der Waals surface area contributed by atoms with Crippen LogP contribution in [0.2, 0.25) is 5.04 Å². The highest BCUT2D eigenvalue weighted by Gasteiger charge is 2.49. The summed E-state index contributed by atoms with van der Waals surface area (Å²) in [5.41, 5.74) is 0. The fourth-order valence-electron chi connectivity index (χ4n) is 5.22. The lowest BCUT2D eigenvalue weighted by molar-refractivity contribution is -0.140. The molecule has 36 heavy (non-hydrogen) atoms. The minimum absolute atomic E-state index is 0.00634. The lowest BCUT2D eigenvalue weighted by Gasteiger charge is -2.43. The Morgan fingerprint density at radius 3 is 1.94 bits per heavy atom. The normalized spacial score (nSPS) is 12.9. The Bertz CT molecular complexity index is 812. The molecule has 0 saturated carbocycles. The van der Waals surface area contributed by atoms with Crippen LogP contribution in [0.3, 0.4) is 0 Å². The average Bonchev–Trinajstić information content (AvgIpc) is 2.88. The van der Waals surface area contributed by atoms with Crippen LogP contribution in [0.1, 0.15) is 85.5 Å². The van der Waals surface area contributed by atoms with Crippen molar-refractivity contribution in [1.29, 1.82) is 0 Å². The molecule has 1 N–H and O–H groups in total. The Balaban J connectivity index is 1.93. The first kappa shape index (κ1) is 30.3. The summed E-state index contributed by atoms with van der Waals surface area (Å²) in [5, 5.41) is 6.48. The van der Waals surface area contributed by atoms with Gasteiger partial charge in [0.25, 0.3) is 8.32 Å². The minimum atomic E-state index is -2.47. The largest absolute Gasteiger partial charge is 0.469 e. The number of benzene rings is 2. The number of nitrogens with one attached hydrogen (secondary N) is 1. The van der Waals surface area contributed by atoms with Crippen molar-refractivity contribution in [1.82, 2.24) is 5.32 Å². The molecule has 2 aromatic rings. The molecule has 0 fully saturated rings. The number of carbonyl (C=O) groups is 1. The summed E-state index contributed by atoms with van der Waals surface area (Å²) >= 11 is 0. The lowest BCUT2D eigenvalue weighted by Crippen LogP contribution is -2.67. The summed E-state index contributed by atoms with van der Waals surface area (Å²) in [6.07, 6.45) is 9.80. The Labute approximate surface area is 221 Å². The molecule has 1 unspecified atom stereocenters. The van der Waals surface area contributed by atoms with E-state index < -0.39 is 8.32 Å². The van der Waals surface area contributed by atoms with Crippen molar-refractivity contribution in [3.05, 3.63) is 60.7 Å². The predicted molar refractivity (Wildman–Crippen MR) is 155 cm³/mol. The number of methoxy groups -OCH3 is 1. The summed E-state index contributed by atoms with van der Waals surface area (Å²) in [6, 6.07) is 22.3. The van der Waals surface area contributed by atoms with Gasteiger partial charge < -0.3 is 14.5 Å². The van der Waals surface area contributed by atoms with Crippen LogP contribution in [0.4, 0.5) is 0 Å². The van der Waals surface area contributed by atoms with E-state index in [0.717, 1.165) is 19.4 Å². The summed E-state index contributed by atoms with van der Waals surface area (Å²) in [5.74, 6) is -0.0949. The van der Waals surface area contributed by atoms with Crippen molar-refractivity contribution in [2.24, 2.45) is 0 Å². The molecule has 0 bridgehead atoms. The second-order valence-electron chi connectivity index (χ2n) is 10.8. The molecular formula is C31H49NO3Si. The zero-order chi connectivity index (χ0) is 26.3. The molecule has 4 nitrogen and oxygen atoms in total. The minimum Gasteiger partial charge on any atom is -0.469 e. The third-order valence-corrected chi connectivity index (χ3v) is 12.1. The van der Waals surface area contributed by atoms with E-state index in [0.29, 0.717) is 19.1 Å². The Kier molecular flexibility index (Phi) is 13.5. The van der Waals surface area contributed by atoms with Gasteiger partial charge in [-0.05, 0) is 34.7 Å². The maximum atomic E-state index is 11.2. The zero-order valence-corrected chi connectivity index (χ0v) is 24.4. The topological polar surface area (TPSA) is 47.6 Å². The number of esters is 1. The third-order valence-electron chi connectivity index (χ3n) is 7.07. The Morgan fingerprint density at radius 1 is 0.861 bits per heavy atom. The summed E-state index contributed by atoms with van der Waals surface area (Å²) in [6.45, 7) is 10.8. The van der Waals surface area contributed by atoms with Gasteiger partial charge in [0.1, 0.15) is 0 Å². The van der Waals surface area contributed by atoms with Gasteiger partial charge in [-0.1, -0.05) is 120 Å². The van der Waals surface area contributed by atoms with E-state index in [1.165, 1.54) is 56.0 Å². The molecular weight excluding hydrogens is 462 g/mol. The molecule has 2 aromatic carbocycles. The first-order valence-corrected chi connectivity index (χ1v) is 15.8. The number of hydrogen-bond acceptors (Lipinski definition) is 4. The molecule has 200 valence electrons. The second kappa shape index (κ2) is 16.0. The highest BCUT2D eigenvalue weighted by molar-refractivity contribution is 6.99. The van der Waals surface area contributed by atoms with Gasteiger partial charge in [0.2, 0.25) is 0 Å². The van der Waals surface area contributed by atoms with Crippen molar-refractivity contribution < 1.29 is 14.0 Å². The van der Waals surface area contributed by atoms with Gasteiger partial charge >= 0.3 is 5.97 Å². The van der Waals surface area contributed by atoms with Crippen LogP contribution in [0.5, 0.6) is 0 Å². The molecule has 1 atom stereocenters. The van der Waals surface area contributed by atoms with Crippen LogP contribution in [0.25, 0.3) is 0 Å². The highest BCUT2D eigenvalue weighted by atomic mass is 28.4. The molecule has 0 aliphatic rings. The molecule has 5 heteroatoms. The van der Waals surface area contributed by atoms with Crippen molar-refractivity contribution in [2.45, 2.75) is 96.6 Å². The highest BCUT2D eigenvalue weighted by Crippen LogP contribution is 2.36. The van der Waals surface area contributed by atoms with Gasteiger partial charge in [0, 0.05) is 25.6 Å². The monoisotopic (exact) mass is 511 g/mol. The van der Waals surface area contributed by atoms with E-state index in [1.807, 2.05) is 0 Å². The predicted octanol–water partition coefficient (Wildman–Crippen LogP) is 6.23. The van der Waals surface area contributed by atoms with Crippen LogP contribution in [0.15, 0.2) is 60.7 Å². The molecule has 0 spiro atoms. The first-order chi connectivity index (χ1) is 17.3. The van der Waals surface area contributed by atoms with E-state index in [1.54, 1.807) is 0 Å². The molecule has 0 radical (unpaired) electrons. The van der Waals surface area contributed by atoms with Crippen LogP contribution >= 0.6 is 0 Å². The molecule has 2 rings (SSSR count). The van der Waals surface area contributed by atoms with E-state index in [4.69, 9.17) is 9.16 Å². The van der Waals surface area contributed by atoms with E-state index in [9.17, 15) is 4.79 Å². The summed E-state index contributed by atoms with van der Waals surface area (Å²) in [7, 11) is -1.01. The number of ether oxygens (including phenoxy) is 1. The molecule has 0 aliphatic heterocycles. The van der Waals surface area contributed by atoms with Crippen molar-refractivity contribution in [3.8, 4) is 0 Å². The van der Waals surface area contributed by atoms with Gasteiger partial charge in [-0.2, -0.15) is 0 Å². The first-order valence-electron chi connectivity index (χ1n) is 13.9. The third kappa shape index (κ3) is 9.17. The standard InChI is InChI=1S/C31H49NO3Si/c1-6-18-27(19-12-8-7-9-17-24-30(33)34-5)32-25-26-35-36(31(2,3)4,28-20-13-10-14-21-28)29-22-15-11-16-23-29/h10-11,13-16,20-23,27,32H,6-9,12,17-19,24-26H2,1-5H3. The molecule has 0 saturated heterocycles. The van der Waals surface area contributed by atoms with E-state index in [-0.39, 0.29) is 11.0 Å². The maximum absolute atomic E-state index is 11.2. The molecule has 0 amide bonds. The van der Waals surface area contributed by atoms with E-state index in [2.05, 4.69) is 93.7 Å². The van der Waals surface area contributed by atoms with Gasteiger partial charge in [-0.15, -0.1) is 0 Å². The SMILES string of the molecule is CCCC(CCCCCCCC(=O)OC)NCCO[Si](c1ccccc1)(c1ccccc1)C(C)(C)C. The van der Waals surface area contributed by atoms with Crippen molar-refractivity contribution in [2.75, 3.05) is 20.3 Å². The van der Waals surface area contributed by atoms with Gasteiger partial charge in [-0.25, -0.2) is 0 Å². The zero-order valence-electron chi connectivity index (χ0n) is 23.4. The lowest BCUT2D eigenvalue weighted by atomic mass is 10.0. The average molecular weight is 512 g/mol.